The summed E-state index contributed by atoms with van der Waals surface area (Å²) >= 11 is 13.5. The van der Waals surface area contributed by atoms with Crippen LogP contribution >= 0.6 is 23.2 Å². The van der Waals surface area contributed by atoms with Crippen molar-refractivity contribution in [3.63, 3.8) is 0 Å². The van der Waals surface area contributed by atoms with Crippen LogP contribution in [0.4, 0.5) is 11.4 Å². The molecule has 11 heteroatoms. The maximum absolute atomic E-state index is 13.1. The van der Waals surface area contributed by atoms with Gasteiger partial charge in [-0.2, -0.15) is 0 Å². The van der Waals surface area contributed by atoms with Crippen LogP contribution in [0.3, 0.4) is 0 Å². The first-order valence-corrected chi connectivity index (χ1v) is 16.6. The summed E-state index contributed by atoms with van der Waals surface area (Å²) in [6, 6.07) is 18.3. The van der Waals surface area contributed by atoms with Gasteiger partial charge in [-0.25, -0.2) is 4.98 Å². The van der Waals surface area contributed by atoms with Crippen LogP contribution in [0.1, 0.15) is 46.4 Å². The molecule has 1 fully saturated rings. The van der Waals surface area contributed by atoms with Gasteiger partial charge in [0.05, 0.1) is 34.2 Å². The number of nitrogens with one attached hydrogen (secondary N) is 1. The molecule has 250 valence electrons. The molecule has 5 rings (SSSR count). The van der Waals surface area contributed by atoms with E-state index < -0.39 is 5.91 Å². The number of pyridine rings is 1. The van der Waals surface area contributed by atoms with Crippen LogP contribution in [0, 0.1) is 6.92 Å². The number of rotatable bonds is 10. The van der Waals surface area contributed by atoms with E-state index in [2.05, 4.69) is 16.3 Å². The molecule has 3 aromatic carbocycles. The van der Waals surface area contributed by atoms with E-state index in [0.717, 1.165) is 53.8 Å². The zero-order valence-electron chi connectivity index (χ0n) is 27.6. The first-order valence-electron chi connectivity index (χ1n) is 15.8. The lowest BCUT2D eigenvalue weighted by atomic mass is 10.1. The van der Waals surface area contributed by atoms with Crippen LogP contribution in [-0.2, 0) is 16.2 Å². The number of halogens is 2. The van der Waals surface area contributed by atoms with Crippen molar-refractivity contribution in [2.45, 2.75) is 32.8 Å². The number of fused-ring (bicyclic) bond motifs is 1. The Hall–Kier alpha value is -4.60. The van der Waals surface area contributed by atoms with Crippen LogP contribution in [0.2, 0.25) is 10.0 Å². The van der Waals surface area contributed by atoms with Crippen molar-refractivity contribution in [3.8, 4) is 5.75 Å². The minimum absolute atomic E-state index is 0.0705. The molecule has 1 saturated heterocycles. The summed E-state index contributed by atoms with van der Waals surface area (Å²) in [6.07, 6.45) is 6.37. The Morgan fingerprint density at radius 3 is 2.38 bits per heavy atom. The molecule has 1 aliphatic heterocycles. The number of amides is 3. The molecule has 0 spiro atoms. The maximum atomic E-state index is 13.1. The number of hydrogen-bond acceptors (Lipinski definition) is 6. The zero-order chi connectivity index (χ0) is 34.4. The van der Waals surface area contributed by atoms with Crippen molar-refractivity contribution in [1.29, 1.82) is 0 Å². The third-order valence-electron chi connectivity index (χ3n) is 8.33. The van der Waals surface area contributed by atoms with Crippen molar-refractivity contribution in [1.82, 2.24) is 15.2 Å². The number of benzene rings is 3. The summed E-state index contributed by atoms with van der Waals surface area (Å²) in [5.74, 6) is -0.233. The number of nitrogens with zero attached hydrogens (tertiary/aromatic N) is 4. The number of hydrogen-bond donors (Lipinski definition) is 1. The maximum Gasteiger partial charge on any atom is 0.253 e. The standard InChI is InChI=1S/C37H39Cl2N5O4/c1-24-36(35(44-20-8-5-9-21-44)27-10-6-7-11-30(27)41-24)48-23-28-29(38)17-18-31(34(28)39)43(4)33(46)22-40-32(45)19-14-25-12-15-26(16-13-25)37(47)42(2)3/h6-7,10-19H,5,8-9,20-23H2,1-4H3,(H,40,45)/b19-14+. The van der Waals surface area contributed by atoms with Crippen molar-refractivity contribution >= 4 is 69.3 Å². The summed E-state index contributed by atoms with van der Waals surface area (Å²) in [6.45, 7) is 3.64. The van der Waals surface area contributed by atoms with E-state index in [-0.39, 0.29) is 30.0 Å². The molecule has 0 bridgehead atoms. The topological polar surface area (TPSA) is 95.1 Å². The van der Waals surface area contributed by atoms with Gasteiger partial charge in [-0.15, -0.1) is 0 Å². The Balaban J connectivity index is 1.26. The van der Waals surface area contributed by atoms with Crippen LogP contribution in [0.25, 0.3) is 17.0 Å². The second-order valence-corrected chi connectivity index (χ2v) is 12.7. The molecule has 9 nitrogen and oxygen atoms in total. The average molecular weight is 689 g/mol. The molecule has 48 heavy (non-hydrogen) atoms. The Morgan fingerprint density at radius 2 is 1.67 bits per heavy atom. The van der Waals surface area contributed by atoms with E-state index in [1.165, 1.54) is 22.3 Å². The van der Waals surface area contributed by atoms with E-state index in [1.54, 1.807) is 63.6 Å². The summed E-state index contributed by atoms with van der Waals surface area (Å²) in [5.41, 5.74) is 4.97. The fourth-order valence-corrected chi connectivity index (χ4v) is 6.27. The smallest absolute Gasteiger partial charge is 0.253 e. The number of likely N-dealkylation sites (N-methyl/N-ethyl adjacent to an activating group) is 1. The molecule has 1 aromatic heterocycles. The fraction of sp³-hybridized carbons (Fsp3) is 0.297. The number of aromatic nitrogens is 1. The van der Waals surface area contributed by atoms with E-state index >= 15 is 0 Å². The lowest BCUT2D eigenvalue weighted by Gasteiger charge is -2.32. The number of para-hydroxylation sites is 1. The molecule has 0 unspecified atom stereocenters. The van der Waals surface area contributed by atoms with Gasteiger partial charge in [0, 0.05) is 61.8 Å². The number of carbonyl (C=O) groups excluding carboxylic acids is 3. The second kappa shape index (κ2) is 15.5. The third-order valence-corrected chi connectivity index (χ3v) is 9.11. The summed E-state index contributed by atoms with van der Waals surface area (Å²) < 4.78 is 6.48. The van der Waals surface area contributed by atoms with E-state index in [4.69, 9.17) is 32.9 Å². The monoisotopic (exact) mass is 687 g/mol. The number of anilines is 2. The predicted octanol–water partition coefficient (Wildman–Crippen LogP) is 6.91. The minimum atomic E-state index is -0.439. The SMILES string of the molecule is Cc1nc2ccccc2c(N2CCCCC2)c1OCc1c(Cl)ccc(N(C)C(=O)CNC(=O)/C=C/c2ccc(C(=O)N(C)C)cc2)c1Cl. The Bertz CT molecular complexity index is 1850. The average Bonchev–Trinajstić information content (AvgIpc) is 3.09. The van der Waals surface area contributed by atoms with Gasteiger partial charge in [0.1, 0.15) is 6.61 Å². The van der Waals surface area contributed by atoms with Gasteiger partial charge in [0.15, 0.2) is 5.75 Å². The lowest BCUT2D eigenvalue weighted by Crippen LogP contribution is -2.37. The second-order valence-electron chi connectivity index (χ2n) is 11.9. The van der Waals surface area contributed by atoms with Gasteiger partial charge in [0.2, 0.25) is 11.8 Å². The predicted molar refractivity (Wildman–Crippen MR) is 193 cm³/mol. The van der Waals surface area contributed by atoms with Crippen LogP contribution in [0.15, 0.2) is 66.7 Å². The zero-order valence-corrected chi connectivity index (χ0v) is 29.1. The highest BCUT2D eigenvalue weighted by atomic mass is 35.5. The largest absolute Gasteiger partial charge is 0.485 e. The van der Waals surface area contributed by atoms with Gasteiger partial charge in [-0.3, -0.25) is 14.4 Å². The molecule has 0 saturated carbocycles. The number of ether oxygens (including phenoxy) is 1. The molecule has 0 radical (unpaired) electrons. The Morgan fingerprint density at radius 1 is 0.958 bits per heavy atom. The van der Waals surface area contributed by atoms with Crippen LogP contribution in [-0.4, -0.2) is 68.4 Å². The lowest BCUT2D eigenvalue weighted by molar-refractivity contribution is -0.122. The molecular formula is C37H39Cl2N5O4. The van der Waals surface area contributed by atoms with Gasteiger partial charge in [-0.05, 0) is 68.2 Å². The third kappa shape index (κ3) is 7.91. The molecule has 4 aromatic rings. The molecule has 0 aliphatic carbocycles. The quantitative estimate of drug-likeness (QED) is 0.182. The molecule has 3 amide bonds. The van der Waals surface area contributed by atoms with Crippen molar-refractivity contribution in [2.75, 3.05) is 50.6 Å². The number of aryl methyl sites for hydroxylation is 1. The van der Waals surface area contributed by atoms with Gasteiger partial charge in [0.25, 0.3) is 5.91 Å². The van der Waals surface area contributed by atoms with E-state index in [9.17, 15) is 14.4 Å². The van der Waals surface area contributed by atoms with Crippen LogP contribution < -0.4 is 19.9 Å². The van der Waals surface area contributed by atoms with E-state index in [1.807, 2.05) is 25.1 Å². The highest BCUT2D eigenvalue weighted by Gasteiger charge is 2.24. The summed E-state index contributed by atoms with van der Waals surface area (Å²) in [7, 11) is 4.96. The molecule has 1 aliphatic rings. The normalized spacial score (nSPS) is 13.1. The number of piperidine rings is 1. The van der Waals surface area contributed by atoms with Gasteiger partial charge in [-0.1, -0.05) is 53.5 Å². The first-order chi connectivity index (χ1) is 23.0. The van der Waals surface area contributed by atoms with Crippen LogP contribution in [0.5, 0.6) is 5.75 Å². The highest BCUT2D eigenvalue weighted by molar-refractivity contribution is 6.38. The van der Waals surface area contributed by atoms with E-state index in [0.29, 0.717) is 27.6 Å². The minimum Gasteiger partial charge on any atom is -0.485 e. The number of carbonyl (C=O) groups is 3. The van der Waals surface area contributed by atoms with Gasteiger partial charge < -0.3 is 24.8 Å². The molecule has 1 N–H and O–H groups in total. The van der Waals surface area contributed by atoms with Crippen molar-refractivity contribution < 1.29 is 19.1 Å². The Labute approximate surface area is 291 Å². The molecule has 0 atom stereocenters. The molecular weight excluding hydrogens is 649 g/mol. The fourth-order valence-electron chi connectivity index (χ4n) is 5.66. The van der Waals surface area contributed by atoms with Crippen molar-refractivity contribution in [3.05, 3.63) is 99.2 Å². The first kappa shape index (κ1) is 34.7. The van der Waals surface area contributed by atoms with Gasteiger partial charge >= 0.3 is 0 Å². The summed E-state index contributed by atoms with van der Waals surface area (Å²) in [5, 5.41) is 4.34. The summed E-state index contributed by atoms with van der Waals surface area (Å²) in [4.78, 5) is 47.7. The Kier molecular flexibility index (Phi) is 11.2. The molecule has 2 heterocycles. The highest BCUT2D eigenvalue weighted by Crippen LogP contribution is 2.41. The van der Waals surface area contributed by atoms with Crippen molar-refractivity contribution in [2.24, 2.45) is 0 Å².